The van der Waals surface area contributed by atoms with Gasteiger partial charge in [-0.25, -0.2) is 4.79 Å². The van der Waals surface area contributed by atoms with Gasteiger partial charge in [0.05, 0.1) is 0 Å². The molecule has 3 nitrogen and oxygen atoms in total. The van der Waals surface area contributed by atoms with Crippen LogP contribution in [0.4, 0.5) is 4.79 Å². The molecule has 5 heavy (non-hydrogen) atoms. The van der Waals surface area contributed by atoms with Crippen molar-refractivity contribution in [3.63, 3.8) is 0 Å². The van der Waals surface area contributed by atoms with E-state index in [4.69, 9.17) is 9.90 Å². The second-order valence-corrected chi connectivity index (χ2v) is 0.338. The fraction of sp³-hybridized carbons (Fsp3) is 0. The number of hydrogen-bond donors (Lipinski definition) is 2. The predicted octanol–water partition coefficient (Wildman–Crippen LogP) is -0.379. The van der Waals surface area contributed by atoms with Crippen LogP contribution in [0.15, 0.2) is 0 Å². The van der Waals surface area contributed by atoms with E-state index in [0.29, 0.717) is 0 Å². The quantitative estimate of drug-likeness (QED) is 0.485. The molecule has 0 spiro atoms. The average molecular weight is 169 g/mol. The van der Waals surface area contributed by atoms with Gasteiger partial charge in [0.15, 0.2) is 0 Å². The molecule has 1 amide bonds. The molecule has 0 aliphatic heterocycles. The van der Waals surface area contributed by atoms with Crippen LogP contribution < -0.4 is 5.73 Å². The maximum atomic E-state index is 8.78. The Balaban J connectivity index is 0. The molecule has 0 aromatic rings. The minimum Gasteiger partial charge on any atom is -0.465 e. The summed E-state index contributed by atoms with van der Waals surface area (Å²) in [6.45, 7) is 0. The summed E-state index contributed by atoms with van der Waals surface area (Å²) < 4.78 is 0. The monoisotopic (exact) mass is 168 g/mol. The number of amides is 1. The Labute approximate surface area is 44.7 Å². The van der Waals surface area contributed by atoms with Crippen LogP contribution in [0.2, 0.25) is 0 Å². The predicted molar refractivity (Wildman–Crippen MR) is 12.2 cm³/mol. The normalized spacial score (nSPS) is 4.80. The van der Waals surface area contributed by atoms with Crippen molar-refractivity contribution in [2.24, 2.45) is 5.73 Å². The third kappa shape index (κ3) is 154000. The molecule has 0 aliphatic carbocycles. The van der Waals surface area contributed by atoms with E-state index in [1.807, 2.05) is 0 Å². The molecule has 0 aromatic heterocycles. The summed E-state index contributed by atoms with van der Waals surface area (Å²) in [5, 5.41) is 7.19. The third-order valence-electron chi connectivity index (χ3n) is 0. The molecular formula is CH3AgNO2. The smallest absolute Gasteiger partial charge is 0.402 e. The van der Waals surface area contributed by atoms with Crippen LogP contribution in [0, 0.1) is 0 Å². The molecule has 1 radical (unpaired) electrons. The second-order valence-electron chi connectivity index (χ2n) is 0.338. The summed E-state index contributed by atoms with van der Waals surface area (Å²) in [6, 6.07) is 0. The van der Waals surface area contributed by atoms with Crippen molar-refractivity contribution in [2.75, 3.05) is 0 Å². The van der Waals surface area contributed by atoms with Crippen molar-refractivity contribution >= 4 is 6.09 Å². The molecule has 0 saturated heterocycles. The van der Waals surface area contributed by atoms with Crippen molar-refractivity contribution in [3.8, 4) is 0 Å². The largest absolute Gasteiger partial charge is 0.465 e. The zero-order valence-corrected chi connectivity index (χ0v) is 3.72. The number of hydrogen-bond acceptors (Lipinski definition) is 1. The van der Waals surface area contributed by atoms with Crippen molar-refractivity contribution < 1.29 is 32.3 Å². The summed E-state index contributed by atoms with van der Waals surface area (Å²) in [5.41, 5.74) is 4.03. The van der Waals surface area contributed by atoms with E-state index in [2.05, 4.69) is 5.73 Å². The minimum atomic E-state index is -1.33. The molecule has 0 saturated carbocycles. The SMILES string of the molecule is NC(=O)O.[Ag]. The summed E-state index contributed by atoms with van der Waals surface area (Å²) in [7, 11) is 0. The van der Waals surface area contributed by atoms with Gasteiger partial charge in [-0.3, -0.25) is 0 Å². The summed E-state index contributed by atoms with van der Waals surface area (Å²) >= 11 is 0. The van der Waals surface area contributed by atoms with Crippen molar-refractivity contribution in [1.82, 2.24) is 0 Å². The van der Waals surface area contributed by atoms with Crippen LogP contribution in [0.5, 0.6) is 0 Å². The van der Waals surface area contributed by atoms with Gasteiger partial charge in [-0.15, -0.1) is 0 Å². The zero-order valence-electron chi connectivity index (χ0n) is 2.23. The maximum absolute atomic E-state index is 8.78. The summed E-state index contributed by atoms with van der Waals surface area (Å²) in [5.74, 6) is 0. The number of carboxylic acid groups (broad SMARTS) is 1. The van der Waals surface area contributed by atoms with E-state index in [9.17, 15) is 0 Å². The molecule has 4 heteroatoms. The molecule has 0 fully saturated rings. The van der Waals surface area contributed by atoms with Crippen molar-refractivity contribution in [1.29, 1.82) is 0 Å². The van der Waals surface area contributed by atoms with Gasteiger partial charge in [0.2, 0.25) is 0 Å². The molecular weight excluding hydrogens is 166 g/mol. The van der Waals surface area contributed by atoms with E-state index >= 15 is 0 Å². The van der Waals surface area contributed by atoms with Crippen molar-refractivity contribution in [2.45, 2.75) is 0 Å². The molecule has 0 aliphatic rings. The zero-order chi connectivity index (χ0) is 3.58. The number of primary amides is 1. The van der Waals surface area contributed by atoms with Gasteiger partial charge in [0, 0.05) is 22.4 Å². The Hall–Kier alpha value is 0.0103. The van der Waals surface area contributed by atoms with Gasteiger partial charge in [0.25, 0.3) is 0 Å². The molecule has 0 heterocycles. The first-order valence-corrected chi connectivity index (χ1v) is 0.716. The summed E-state index contributed by atoms with van der Waals surface area (Å²) in [4.78, 5) is 8.78. The summed E-state index contributed by atoms with van der Waals surface area (Å²) in [6.07, 6.45) is -1.33. The Morgan fingerprint density at radius 3 is 1.80 bits per heavy atom. The van der Waals surface area contributed by atoms with Gasteiger partial charge in [-0.2, -0.15) is 0 Å². The molecule has 0 atom stereocenters. The number of carbonyl (C=O) groups is 1. The fourth-order valence-corrected chi connectivity index (χ4v) is 0. The van der Waals surface area contributed by atoms with E-state index < -0.39 is 6.09 Å². The molecule has 0 rings (SSSR count). The molecule has 35 valence electrons. The van der Waals surface area contributed by atoms with Crippen LogP contribution in [-0.2, 0) is 22.4 Å². The standard InChI is InChI=1S/CH3NO2.Ag/c2-1(3)4;/h2H2,(H,3,4);. The first-order chi connectivity index (χ1) is 1.73. The van der Waals surface area contributed by atoms with E-state index in [1.54, 1.807) is 0 Å². The van der Waals surface area contributed by atoms with Crippen LogP contribution >= 0.6 is 0 Å². The average Bonchev–Trinajstić information content (AvgIpc) is 0.811. The molecule has 3 N–H and O–H groups in total. The number of rotatable bonds is 0. The Morgan fingerprint density at radius 1 is 1.80 bits per heavy atom. The third-order valence-corrected chi connectivity index (χ3v) is 0. The van der Waals surface area contributed by atoms with Crippen LogP contribution in [0.3, 0.4) is 0 Å². The van der Waals surface area contributed by atoms with Crippen LogP contribution in [0.1, 0.15) is 0 Å². The first kappa shape index (κ1) is 8.89. The fourth-order valence-electron chi connectivity index (χ4n) is 0. The van der Waals surface area contributed by atoms with Crippen LogP contribution in [-0.4, -0.2) is 11.2 Å². The van der Waals surface area contributed by atoms with E-state index in [0.717, 1.165) is 0 Å². The Bertz CT molecular complexity index is 32.6. The maximum Gasteiger partial charge on any atom is 0.402 e. The van der Waals surface area contributed by atoms with Gasteiger partial charge < -0.3 is 10.8 Å². The van der Waals surface area contributed by atoms with E-state index in [-0.39, 0.29) is 22.4 Å². The van der Waals surface area contributed by atoms with Gasteiger partial charge in [0.1, 0.15) is 0 Å². The molecule has 0 aromatic carbocycles. The van der Waals surface area contributed by atoms with Crippen LogP contribution in [0.25, 0.3) is 0 Å². The minimum absolute atomic E-state index is 0. The molecule has 0 bridgehead atoms. The van der Waals surface area contributed by atoms with Crippen molar-refractivity contribution in [3.05, 3.63) is 0 Å². The number of nitrogens with two attached hydrogens (primary N) is 1. The van der Waals surface area contributed by atoms with Gasteiger partial charge in [-0.05, 0) is 0 Å². The Morgan fingerprint density at radius 2 is 1.80 bits per heavy atom. The van der Waals surface area contributed by atoms with Gasteiger partial charge >= 0.3 is 6.09 Å². The van der Waals surface area contributed by atoms with Gasteiger partial charge in [-0.1, -0.05) is 0 Å². The molecule has 0 unspecified atom stereocenters. The Kier molecular flexibility index (Phi) is 7.13. The topological polar surface area (TPSA) is 63.3 Å². The van der Waals surface area contributed by atoms with E-state index in [1.165, 1.54) is 0 Å². The second kappa shape index (κ2) is 4.01. The first-order valence-electron chi connectivity index (χ1n) is 0.716.